The summed E-state index contributed by atoms with van der Waals surface area (Å²) in [4.78, 5) is 25.8. The number of carbonyl (C=O) groups excluding carboxylic acids is 1. The van der Waals surface area contributed by atoms with E-state index in [0.29, 0.717) is 28.3 Å². The number of carbonyl (C=O) groups is 1. The number of nitrogens with one attached hydrogen (secondary N) is 2. The second-order valence-electron chi connectivity index (χ2n) is 8.11. The molecule has 3 aromatic heterocycles. The van der Waals surface area contributed by atoms with Gasteiger partial charge in [0.1, 0.15) is 11.7 Å². The van der Waals surface area contributed by atoms with Crippen LogP contribution in [-0.2, 0) is 4.79 Å². The molecule has 0 aromatic carbocycles. The van der Waals surface area contributed by atoms with Crippen molar-refractivity contribution in [3.05, 3.63) is 34.3 Å². The zero-order valence-electron chi connectivity index (χ0n) is 17.3. The lowest BCUT2D eigenvalue weighted by atomic mass is 9.89. The Labute approximate surface area is 186 Å². The van der Waals surface area contributed by atoms with Crippen molar-refractivity contribution in [2.45, 2.75) is 30.6 Å². The summed E-state index contributed by atoms with van der Waals surface area (Å²) in [7, 11) is 3.21. The van der Waals surface area contributed by atoms with E-state index in [2.05, 4.69) is 37.4 Å². The topological polar surface area (TPSA) is 125 Å². The van der Waals surface area contributed by atoms with Gasteiger partial charge in [0, 0.05) is 14.1 Å². The lowest BCUT2D eigenvalue weighted by molar-refractivity contribution is -0.135. The van der Waals surface area contributed by atoms with Gasteiger partial charge in [0.2, 0.25) is 11.7 Å². The van der Waals surface area contributed by atoms with Gasteiger partial charge in [-0.1, -0.05) is 11.3 Å². The number of aromatic nitrogens is 4. The molecule has 9 nitrogen and oxygen atoms in total. The van der Waals surface area contributed by atoms with Gasteiger partial charge in [-0.25, -0.2) is 15.0 Å². The van der Waals surface area contributed by atoms with Crippen LogP contribution >= 0.6 is 11.3 Å². The van der Waals surface area contributed by atoms with Gasteiger partial charge >= 0.3 is 0 Å². The van der Waals surface area contributed by atoms with Gasteiger partial charge in [0.05, 0.1) is 23.7 Å². The second kappa shape index (κ2) is 7.51. The third-order valence-electron chi connectivity index (χ3n) is 6.33. The molecule has 0 bridgehead atoms. The van der Waals surface area contributed by atoms with Gasteiger partial charge in [0.25, 0.3) is 0 Å². The molecular weight excluding hydrogens is 435 g/mol. The van der Waals surface area contributed by atoms with Crippen molar-refractivity contribution < 1.29 is 19.4 Å². The summed E-state index contributed by atoms with van der Waals surface area (Å²) in [5.74, 6) is 5.92. The number of hydrogen-bond donors (Lipinski definition) is 4. The molecule has 3 aromatic rings. The Morgan fingerprint density at radius 3 is 2.88 bits per heavy atom. The van der Waals surface area contributed by atoms with E-state index < -0.39 is 17.7 Å². The van der Waals surface area contributed by atoms with Crippen LogP contribution in [0.1, 0.15) is 29.6 Å². The first kappa shape index (κ1) is 20.8. The standard InChI is InChI=1S/C21H21FN6O3S/c1-23-15(29)8-21(31)12-7-11(12)17(18(21)30)28-9-25-16-19(24-2)26-14(27-20(16)28)6-4-10-3-5-13(22)32-10/h3,5,9,11-12,17-18,30-31H,7-8H2,1-2H3,(H,23,29)(H,24,26,27)/t11?,12-,17-,18+,21-/m1/s1. The summed E-state index contributed by atoms with van der Waals surface area (Å²) in [5.41, 5.74) is -0.534. The van der Waals surface area contributed by atoms with Gasteiger partial charge in [-0.15, -0.1) is 0 Å². The Hall–Kier alpha value is -3.07. The van der Waals surface area contributed by atoms with E-state index in [4.69, 9.17) is 0 Å². The minimum absolute atomic E-state index is 0.00804. The molecule has 1 amide bonds. The average molecular weight is 457 g/mol. The maximum absolute atomic E-state index is 13.2. The molecule has 5 rings (SSSR count). The van der Waals surface area contributed by atoms with Crippen LogP contribution in [0.3, 0.4) is 0 Å². The van der Waals surface area contributed by atoms with Gasteiger partial charge in [-0.3, -0.25) is 4.79 Å². The molecule has 166 valence electrons. The van der Waals surface area contributed by atoms with Crippen molar-refractivity contribution >= 4 is 34.2 Å². The van der Waals surface area contributed by atoms with Crippen molar-refractivity contribution in [2.75, 3.05) is 19.4 Å². The maximum atomic E-state index is 13.2. The van der Waals surface area contributed by atoms with Crippen molar-refractivity contribution in [1.29, 1.82) is 0 Å². The molecule has 2 aliphatic rings. The number of imidazole rings is 1. The fourth-order valence-electron chi connectivity index (χ4n) is 4.72. The largest absolute Gasteiger partial charge is 0.388 e. The normalized spacial score (nSPS) is 28.2. The first-order chi connectivity index (χ1) is 15.4. The minimum atomic E-state index is -1.50. The third kappa shape index (κ3) is 3.23. The molecule has 2 aliphatic carbocycles. The van der Waals surface area contributed by atoms with Gasteiger partial charge < -0.3 is 25.4 Å². The first-order valence-corrected chi connectivity index (χ1v) is 11.0. The summed E-state index contributed by atoms with van der Waals surface area (Å²) in [6.45, 7) is 0. The van der Waals surface area contributed by atoms with Crippen LogP contribution in [0.5, 0.6) is 0 Å². The molecule has 11 heteroatoms. The Morgan fingerprint density at radius 2 is 2.19 bits per heavy atom. The van der Waals surface area contributed by atoms with Crippen molar-refractivity contribution in [3.8, 4) is 11.8 Å². The second-order valence-corrected chi connectivity index (χ2v) is 9.14. The zero-order valence-corrected chi connectivity index (χ0v) is 18.1. The van der Waals surface area contributed by atoms with Crippen LogP contribution in [0.2, 0.25) is 0 Å². The molecule has 32 heavy (non-hydrogen) atoms. The highest BCUT2D eigenvalue weighted by atomic mass is 32.1. The van der Waals surface area contributed by atoms with Gasteiger partial charge in [-0.05, 0) is 42.2 Å². The number of aliphatic hydroxyl groups is 2. The van der Waals surface area contributed by atoms with E-state index in [-0.39, 0.29) is 35.1 Å². The van der Waals surface area contributed by atoms with E-state index in [1.165, 1.54) is 13.1 Å². The number of aliphatic hydroxyl groups excluding tert-OH is 1. The monoisotopic (exact) mass is 456 g/mol. The highest BCUT2D eigenvalue weighted by Gasteiger charge is 2.68. The van der Waals surface area contributed by atoms with Crippen LogP contribution in [0.25, 0.3) is 11.2 Å². The van der Waals surface area contributed by atoms with E-state index in [0.717, 1.165) is 11.3 Å². The van der Waals surface area contributed by atoms with Crippen LogP contribution in [0.15, 0.2) is 18.5 Å². The molecular formula is C21H21FN6O3S. The highest BCUT2D eigenvalue weighted by Crippen LogP contribution is 2.63. The first-order valence-electron chi connectivity index (χ1n) is 10.2. The van der Waals surface area contributed by atoms with Crippen LogP contribution in [0, 0.1) is 28.8 Å². The molecule has 0 saturated heterocycles. The quantitative estimate of drug-likeness (QED) is 0.430. The predicted molar refractivity (Wildman–Crippen MR) is 115 cm³/mol. The van der Waals surface area contributed by atoms with Crippen molar-refractivity contribution in [2.24, 2.45) is 11.8 Å². The maximum Gasteiger partial charge on any atom is 0.222 e. The fourth-order valence-corrected chi connectivity index (χ4v) is 5.30. The van der Waals surface area contributed by atoms with E-state index in [1.54, 1.807) is 24.0 Å². The minimum Gasteiger partial charge on any atom is -0.388 e. The van der Waals surface area contributed by atoms with Gasteiger partial charge in [-0.2, -0.15) is 4.39 Å². The Morgan fingerprint density at radius 1 is 1.38 bits per heavy atom. The number of hydrogen-bond acceptors (Lipinski definition) is 8. The summed E-state index contributed by atoms with van der Waals surface area (Å²) in [6, 6.07) is 2.45. The highest BCUT2D eigenvalue weighted by molar-refractivity contribution is 7.10. The summed E-state index contributed by atoms with van der Waals surface area (Å²) < 4.78 is 15.0. The molecule has 2 fully saturated rings. The molecule has 0 spiro atoms. The molecule has 0 aliphatic heterocycles. The number of rotatable bonds is 4. The zero-order chi connectivity index (χ0) is 22.6. The Balaban J connectivity index is 1.54. The molecule has 0 radical (unpaired) electrons. The fraction of sp³-hybridized carbons (Fsp3) is 0.429. The van der Waals surface area contributed by atoms with E-state index in [9.17, 15) is 19.4 Å². The molecule has 3 heterocycles. The molecule has 5 atom stereocenters. The number of fused-ring (bicyclic) bond motifs is 2. The molecule has 2 saturated carbocycles. The third-order valence-corrected chi connectivity index (χ3v) is 7.12. The summed E-state index contributed by atoms with van der Waals surface area (Å²) >= 11 is 0.936. The average Bonchev–Trinajstić information content (AvgIpc) is 3.21. The van der Waals surface area contributed by atoms with Crippen molar-refractivity contribution in [1.82, 2.24) is 24.8 Å². The number of amides is 1. The van der Waals surface area contributed by atoms with Gasteiger partial charge in [0.15, 0.2) is 22.1 Å². The lowest BCUT2D eigenvalue weighted by Crippen LogP contribution is -2.47. The van der Waals surface area contributed by atoms with Crippen molar-refractivity contribution in [3.63, 3.8) is 0 Å². The summed E-state index contributed by atoms with van der Waals surface area (Å²) in [5, 5.41) is 27.3. The van der Waals surface area contributed by atoms with E-state index in [1.807, 2.05) is 0 Å². The van der Waals surface area contributed by atoms with E-state index >= 15 is 0 Å². The number of anilines is 1. The number of thiophene rings is 1. The number of nitrogens with zero attached hydrogens (tertiary/aromatic N) is 4. The number of halogens is 1. The smallest absolute Gasteiger partial charge is 0.222 e. The summed E-state index contributed by atoms with van der Waals surface area (Å²) in [6.07, 6.45) is 0.952. The van der Waals surface area contributed by atoms with Crippen LogP contribution in [-0.4, -0.2) is 61.4 Å². The Kier molecular flexibility index (Phi) is 4.88. The molecule has 4 N–H and O–H groups in total. The predicted octanol–water partition coefficient (Wildman–Crippen LogP) is 0.887. The van der Waals surface area contributed by atoms with Crippen LogP contribution < -0.4 is 10.6 Å². The lowest BCUT2D eigenvalue weighted by Gasteiger charge is -2.32. The van der Waals surface area contributed by atoms with Crippen LogP contribution in [0.4, 0.5) is 10.2 Å². The SMILES string of the molecule is CNC(=O)C[C@@]1(O)[C@@H]2CC2[C@@H](n2cnc3c(NC)nc(C#Cc4ccc(F)s4)nc32)[C@@H]1O. The molecule has 1 unspecified atom stereocenters. The Bertz CT molecular complexity index is 1280.